The van der Waals surface area contributed by atoms with Gasteiger partial charge in [-0.15, -0.1) is 0 Å². The summed E-state index contributed by atoms with van der Waals surface area (Å²) < 4.78 is 4.94. The molecule has 162 valence electrons. The van der Waals surface area contributed by atoms with Crippen molar-refractivity contribution in [3.8, 4) is 0 Å². The van der Waals surface area contributed by atoms with Crippen LogP contribution < -0.4 is 10.6 Å². The van der Waals surface area contributed by atoms with Crippen LogP contribution in [0, 0.1) is 6.92 Å². The molecular weight excluding hydrogens is 398 g/mol. The third-order valence-electron chi connectivity index (χ3n) is 5.20. The summed E-state index contributed by atoms with van der Waals surface area (Å²) in [7, 11) is 0. The molecule has 8 heteroatoms. The molecule has 0 aromatic heterocycles. The molecule has 1 fully saturated rings. The molecule has 3 rings (SSSR count). The van der Waals surface area contributed by atoms with Gasteiger partial charge in [0.1, 0.15) is 12.1 Å². The molecule has 4 amide bonds. The quantitative estimate of drug-likeness (QED) is 0.526. The van der Waals surface area contributed by atoms with Crippen molar-refractivity contribution in [1.82, 2.24) is 10.2 Å². The van der Waals surface area contributed by atoms with Gasteiger partial charge in [-0.1, -0.05) is 48.9 Å². The number of hydrogen-bond donors (Lipinski definition) is 2. The first kappa shape index (κ1) is 22.0. The Morgan fingerprint density at radius 2 is 1.71 bits per heavy atom. The maximum absolute atomic E-state index is 12.8. The Bertz CT molecular complexity index is 1000. The number of rotatable bonds is 7. The maximum Gasteiger partial charge on any atom is 0.326 e. The molecule has 0 aliphatic carbocycles. The van der Waals surface area contributed by atoms with Crippen LogP contribution in [-0.2, 0) is 31.1 Å². The van der Waals surface area contributed by atoms with Crippen molar-refractivity contribution >= 4 is 29.5 Å². The smallest absolute Gasteiger partial charge is 0.326 e. The Balaban J connectivity index is 1.54. The van der Waals surface area contributed by atoms with Gasteiger partial charge >= 0.3 is 12.0 Å². The number of carbonyl (C=O) groups is 4. The second-order valence-electron chi connectivity index (χ2n) is 7.57. The molecule has 1 saturated heterocycles. The molecule has 2 N–H and O–H groups in total. The first-order valence-corrected chi connectivity index (χ1v) is 9.98. The highest BCUT2D eigenvalue weighted by Gasteiger charge is 2.49. The van der Waals surface area contributed by atoms with Crippen LogP contribution in [0.1, 0.15) is 30.5 Å². The SMILES string of the molecule is CCc1ccc(NC(=O)COC(=O)CN2C(=O)NC(C)(c3ccc(C)cc3)C2=O)cc1. The van der Waals surface area contributed by atoms with Gasteiger partial charge in [-0.25, -0.2) is 4.79 Å². The fraction of sp³-hybridized carbons (Fsp3) is 0.304. The second kappa shape index (κ2) is 8.99. The van der Waals surface area contributed by atoms with Crippen molar-refractivity contribution in [1.29, 1.82) is 0 Å². The lowest BCUT2D eigenvalue weighted by atomic mass is 9.91. The minimum atomic E-state index is -1.27. The zero-order valence-corrected chi connectivity index (χ0v) is 17.7. The second-order valence-corrected chi connectivity index (χ2v) is 7.57. The van der Waals surface area contributed by atoms with E-state index in [4.69, 9.17) is 4.74 Å². The fourth-order valence-electron chi connectivity index (χ4n) is 3.26. The third-order valence-corrected chi connectivity index (χ3v) is 5.20. The van der Waals surface area contributed by atoms with Crippen molar-refractivity contribution in [2.24, 2.45) is 0 Å². The molecule has 1 heterocycles. The number of nitrogens with zero attached hydrogens (tertiary/aromatic N) is 1. The Hall–Kier alpha value is -3.68. The zero-order valence-electron chi connectivity index (χ0n) is 17.7. The van der Waals surface area contributed by atoms with Crippen LogP contribution in [0.15, 0.2) is 48.5 Å². The molecule has 1 aliphatic rings. The molecule has 0 spiro atoms. The van der Waals surface area contributed by atoms with E-state index >= 15 is 0 Å². The first-order chi connectivity index (χ1) is 14.7. The molecule has 1 atom stereocenters. The maximum atomic E-state index is 12.8. The summed E-state index contributed by atoms with van der Waals surface area (Å²) in [4.78, 5) is 50.1. The van der Waals surface area contributed by atoms with Crippen LogP contribution in [-0.4, -0.2) is 41.9 Å². The molecule has 0 bridgehead atoms. The normalized spacial score (nSPS) is 18.0. The van der Waals surface area contributed by atoms with E-state index in [1.54, 1.807) is 31.2 Å². The molecule has 2 aromatic carbocycles. The molecular formula is C23H25N3O5. The highest BCUT2D eigenvalue weighted by molar-refractivity contribution is 6.09. The number of nitrogens with one attached hydrogen (secondary N) is 2. The van der Waals surface area contributed by atoms with E-state index in [2.05, 4.69) is 10.6 Å². The van der Waals surface area contributed by atoms with Crippen LogP contribution >= 0.6 is 0 Å². The van der Waals surface area contributed by atoms with Crippen molar-refractivity contribution in [3.63, 3.8) is 0 Å². The summed E-state index contributed by atoms with van der Waals surface area (Å²) in [6.07, 6.45) is 0.887. The van der Waals surface area contributed by atoms with E-state index in [1.165, 1.54) is 0 Å². The lowest BCUT2D eigenvalue weighted by Gasteiger charge is -2.22. The van der Waals surface area contributed by atoms with Crippen LogP contribution in [0.25, 0.3) is 0 Å². The van der Waals surface area contributed by atoms with Gasteiger partial charge in [-0.2, -0.15) is 0 Å². The third kappa shape index (κ3) is 4.91. The van der Waals surface area contributed by atoms with E-state index < -0.39 is 42.5 Å². The minimum absolute atomic E-state index is 0.515. The summed E-state index contributed by atoms with van der Waals surface area (Å²) in [5.74, 6) is -1.92. The fourth-order valence-corrected chi connectivity index (χ4v) is 3.26. The van der Waals surface area contributed by atoms with Crippen LogP contribution in [0.3, 0.4) is 0 Å². The number of carbonyl (C=O) groups excluding carboxylic acids is 4. The highest BCUT2D eigenvalue weighted by Crippen LogP contribution is 2.28. The standard InChI is InChI=1S/C23H25N3O5/c1-4-16-7-11-18(12-8-16)24-19(27)14-31-20(28)13-26-21(29)23(3,25-22(26)30)17-9-5-15(2)6-10-17/h5-12H,4,13-14H2,1-3H3,(H,24,27)(H,25,30). The summed E-state index contributed by atoms with van der Waals surface area (Å²) in [5, 5.41) is 5.25. The summed E-state index contributed by atoms with van der Waals surface area (Å²) in [5.41, 5.74) is 2.08. The van der Waals surface area contributed by atoms with Gasteiger partial charge in [0.25, 0.3) is 11.8 Å². The summed E-state index contributed by atoms with van der Waals surface area (Å²) in [6, 6.07) is 13.8. The number of imide groups is 1. The lowest BCUT2D eigenvalue weighted by molar-refractivity contribution is -0.150. The zero-order chi connectivity index (χ0) is 22.6. The average Bonchev–Trinajstić information content (AvgIpc) is 2.97. The number of aryl methyl sites for hydroxylation is 2. The Labute approximate surface area is 180 Å². The molecule has 1 unspecified atom stereocenters. The monoisotopic (exact) mass is 423 g/mol. The van der Waals surface area contributed by atoms with E-state index in [1.807, 2.05) is 38.1 Å². The van der Waals surface area contributed by atoms with Gasteiger partial charge in [0.2, 0.25) is 0 Å². The topological polar surface area (TPSA) is 105 Å². The number of urea groups is 1. The number of ether oxygens (including phenoxy) is 1. The van der Waals surface area contributed by atoms with Gasteiger partial charge < -0.3 is 15.4 Å². The van der Waals surface area contributed by atoms with Crippen LogP contribution in [0.5, 0.6) is 0 Å². The van der Waals surface area contributed by atoms with Crippen LogP contribution in [0.4, 0.5) is 10.5 Å². The average molecular weight is 423 g/mol. The highest BCUT2D eigenvalue weighted by atomic mass is 16.5. The van der Waals surface area contributed by atoms with Crippen LogP contribution in [0.2, 0.25) is 0 Å². The number of amides is 4. The molecule has 0 radical (unpaired) electrons. The van der Waals surface area contributed by atoms with Gasteiger partial charge in [0.05, 0.1) is 0 Å². The van der Waals surface area contributed by atoms with E-state index in [0.29, 0.717) is 11.3 Å². The predicted molar refractivity (Wildman–Crippen MR) is 114 cm³/mol. The minimum Gasteiger partial charge on any atom is -0.454 e. The summed E-state index contributed by atoms with van der Waals surface area (Å²) >= 11 is 0. The van der Waals surface area contributed by atoms with Gasteiger partial charge in [0.15, 0.2) is 6.61 Å². The largest absolute Gasteiger partial charge is 0.454 e. The van der Waals surface area contributed by atoms with E-state index in [9.17, 15) is 19.2 Å². The number of benzene rings is 2. The van der Waals surface area contributed by atoms with Crippen molar-refractivity contribution in [2.45, 2.75) is 32.7 Å². The number of esters is 1. The molecule has 31 heavy (non-hydrogen) atoms. The van der Waals surface area contributed by atoms with E-state index in [-0.39, 0.29) is 0 Å². The lowest BCUT2D eigenvalue weighted by Crippen LogP contribution is -2.41. The molecule has 2 aromatic rings. The van der Waals surface area contributed by atoms with E-state index in [0.717, 1.165) is 22.4 Å². The van der Waals surface area contributed by atoms with Crippen molar-refractivity contribution < 1.29 is 23.9 Å². The Morgan fingerprint density at radius 1 is 1.06 bits per heavy atom. The predicted octanol–water partition coefficient (Wildman–Crippen LogP) is 2.51. The van der Waals surface area contributed by atoms with Gasteiger partial charge in [-0.05, 0) is 43.5 Å². The number of anilines is 1. The molecule has 0 saturated carbocycles. The molecule has 1 aliphatic heterocycles. The van der Waals surface area contributed by atoms with Crippen molar-refractivity contribution in [2.75, 3.05) is 18.5 Å². The Kier molecular flexibility index (Phi) is 6.39. The van der Waals surface area contributed by atoms with Gasteiger partial charge in [-0.3, -0.25) is 19.3 Å². The summed E-state index contributed by atoms with van der Waals surface area (Å²) in [6.45, 7) is 4.43. The Morgan fingerprint density at radius 3 is 2.32 bits per heavy atom. The van der Waals surface area contributed by atoms with Crippen molar-refractivity contribution in [3.05, 3.63) is 65.2 Å². The first-order valence-electron chi connectivity index (χ1n) is 9.98. The molecule has 8 nitrogen and oxygen atoms in total. The van der Waals surface area contributed by atoms with Gasteiger partial charge in [0, 0.05) is 5.69 Å². The number of hydrogen-bond acceptors (Lipinski definition) is 5.